The highest BCUT2D eigenvalue weighted by Crippen LogP contribution is 2.18. The molecular formula is C20H15BrN2O4S. The molecule has 0 radical (unpaired) electrons. The minimum Gasteiger partial charge on any atom is -0.379 e. The van der Waals surface area contributed by atoms with Crippen molar-refractivity contribution in [2.75, 3.05) is 0 Å². The molecule has 3 aromatic carbocycles. The number of hydrazone groups is 1. The van der Waals surface area contributed by atoms with Crippen LogP contribution in [0, 0.1) is 0 Å². The van der Waals surface area contributed by atoms with Gasteiger partial charge in [-0.3, -0.25) is 4.79 Å². The first-order chi connectivity index (χ1) is 13.4. The summed E-state index contributed by atoms with van der Waals surface area (Å²) in [6, 6.07) is 21.1. The van der Waals surface area contributed by atoms with Gasteiger partial charge in [-0.15, -0.1) is 0 Å². The third kappa shape index (κ3) is 5.28. The van der Waals surface area contributed by atoms with Crippen molar-refractivity contribution in [3.63, 3.8) is 0 Å². The predicted octanol–water partition coefficient (Wildman–Crippen LogP) is 3.98. The molecule has 142 valence electrons. The average molecular weight is 459 g/mol. The number of amides is 1. The Morgan fingerprint density at radius 3 is 2.36 bits per heavy atom. The van der Waals surface area contributed by atoms with Crippen molar-refractivity contribution in [2.45, 2.75) is 4.90 Å². The molecule has 0 aliphatic carbocycles. The maximum absolute atomic E-state index is 12.2. The van der Waals surface area contributed by atoms with Gasteiger partial charge in [0.15, 0.2) is 0 Å². The van der Waals surface area contributed by atoms with Crippen molar-refractivity contribution in [1.29, 1.82) is 0 Å². The van der Waals surface area contributed by atoms with Crippen molar-refractivity contribution in [3.8, 4) is 5.75 Å². The molecule has 28 heavy (non-hydrogen) atoms. The van der Waals surface area contributed by atoms with Crippen LogP contribution in [0.25, 0.3) is 0 Å². The Morgan fingerprint density at radius 2 is 1.68 bits per heavy atom. The van der Waals surface area contributed by atoms with Crippen LogP contribution in [0.15, 0.2) is 93.3 Å². The molecule has 0 saturated carbocycles. The summed E-state index contributed by atoms with van der Waals surface area (Å²) in [6.45, 7) is 0. The third-order valence-corrected chi connectivity index (χ3v) is 5.34. The maximum atomic E-state index is 12.2. The number of hydrogen-bond acceptors (Lipinski definition) is 5. The SMILES string of the molecule is O=C(N/N=C/c1ccc(OS(=O)(=O)c2ccccc2)cc1)c1cccc(Br)c1. The number of carbonyl (C=O) groups excluding carboxylic acids is 1. The average Bonchev–Trinajstić information content (AvgIpc) is 2.70. The summed E-state index contributed by atoms with van der Waals surface area (Å²) >= 11 is 3.30. The summed E-state index contributed by atoms with van der Waals surface area (Å²) < 4.78 is 30.3. The second-order valence-electron chi connectivity index (χ2n) is 5.63. The molecule has 0 fully saturated rings. The Labute approximate surface area is 171 Å². The van der Waals surface area contributed by atoms with Crippen molar-refractivity contribution in [1.82, 2.24) is 5.43 Å². The minimum atomic E-state index is -3.88. The van der Waals surface area contributed by atoms with Crippen LogP contribution in [0.4, 0.5) is 0 Å². The van der Waals surface area contributed by atoms with Crippen LogP contribution in [-0.4, -0.2) is 20.5 Å². The van der Waals surface area contributed by atoms with Crippen LogP contribution in [0.1, 0.15) is 15.9 Å². The first kappa shape index (κ1) is 19.8. The Bertz CT molecular complexity index is 1100. The van der Waals surface area contributed by atoms with E-state index in [1.54, 1.807) is 48.5 Å². The quantitative estimate of drug-likeness (QED) is 0.343. The number of hydrogen-bond donors (Lipinski definition) is 1. The number of carbonyl (C=O) groups is 1. The summed E-state index contributed by atoms with van der Waals surface area (Å²) in [6.07, 6.45) is 1.45. The van der Waals surface area contributed by atoms with Crippen LogP contribution >= 0.6 is 15.9 Å². The largest absolute Gasteiger partial charge is 0.379 e. The summed E-state index contributed by atoms with van der Waals surface area (Å²) in [4.78, 5) is 12.1. The van der Waals surface area contributed by atoms with Gasteiger partial charge in [-0.2, -0.15) is 13.5 Å². The summed E-state index contributed by atoms with van der Waals surface area (Å²) in [5.74, 6) is -0.161. The van der Waals surface area contributed by atoms with E-state index in [0.29, 0.717) is 11.1 Å². The van der Waals surface area contributed by atoms with E-state index in [-0.39, 0.29) is 16.6 Å². The lowest BCUT2D eigenvalue weighted by Gasteiger charge is -2.07. The maximum Gasteiger partial charge on any atom is 0.339 e. The molecule has 8 heteroatoms. The number of benzene rings is 3. The molecule has 1 N–H and O–H groups in total. The van der Waals surface area contributed by atoms with Gasteiger partial charge in [0.05, 0.1) is 6.21 Å². The Hall–Kier alpha value is -2.97. The first-order valence-corrected chi connectivity index (χ1v) is 10.3. The minimum absolute atomic E-state index is 0.0795. The fraction of sp³-hybridized carbons (Fsp3) is 0. The molecule has 6 nitrogen and oxygen atoms in total. The first-order valence-electron chi connectivity index (χ1n) is 8.13. The molecule has 0 aliphatic heterocycles. The molecule has 1 amide bonds. The number of nitrogens with one attached hydrogen (secondary N) is 1. The van der Waals surface area contributed by atoms with Crippen LogP contribution in [0.5, 0.6) is 5.75 Å². The van der Waals surface area contributed by atoms with Gasteiger partial charge in [0.25, 0.3) is 5.91 Å². The summed E-state index contributed by atoms with van der Waals surface area (Å²) in [5, 5.41) is 3.90. The zero-order valence-corrected chi connectivity index (χ0v) is 16.9. The van der Waals surface area contributed by atoms with Crippen molar-refractivity contribution in [3.05, 3.63) is 94.5 Å². The third-order valence-electron chi connectivity index (χ3n) is 3.58. The van der Waals surface area contributed by atoms with Gasteiger partial charge in [-0.25, -0.2) is 5.43 Å². The monoisotopic (exact) mass is 458 g/mol. The smallest absolute Gasteiger partial charge is 0.339 e. The second-order valence-corrected chi connectivity index (χ2v) is 8.09. The van der Waals surface area contributed by atoms with E-state index in [0.717, 1.165) is 4.47 Å². The van der Waals surface area contributed by atoms with Gasteiger partial charge in [-0.05, 0) is 60.2 Å². The highest BCUT2D eigenvalue weighted by molar-refractivity contribution is 9.10. The number of rotatable bonds is 6. The van der Waals surface area contributed by atoms with Gasteiger partial charge in [0.2, 0.25) is 0 Å². The summed E-state index contributed by atoms with van der Waals surface area (Å²) in [7, 11) is -3.88. The molecule has 3 aromatic rings. The fourth-order valence-corrected chi connectivity index (χ4v) is 3.58. The van der Waals surface area contributed by atoms with Gasteiger partial charge in [-0.1, -0.05) is 40.2 Å². The molecule has 0 atom stereocenters. The highest BCUT2D eigenvalue weighted by Gasteiger charge is 2.15. The second kappa shape index (κ2) is 8.81. The standard InChI is InChI=1S/C20H15BrN2O4S/c21-17-6-4-5-16(13-17)20(24)23-22-14-15-9-11-18(12-10-15)27-28(25,26)19-7-2-1-3-8-19/h1-14H,(H,23,24)/b22-14+. The fourth-order valence-electron chi connectivity index (χ4n) is 2.23. The zero-order valence-electron chi connectivity index (χ0n) is 14.4. The lowest BCUT2D eigenvalue weighted by atomic mass is 10.2. The lowest BCUT2D eigenvalue weighted by molar-refractivity contribution is 0.0955. The van der Waals surface area contributed by atoms with E-state index in [2.05, 4.69) is 26.5 Å². The van der Waals surface area contributed by atoms with Crippen LogP contribution in [-0.2, 0) is 10.1 Å². The van der Waals surface area contributed by atoms with E-state index in [1.165, 1.54) is 30.5 Å². The zero-order chi connectivity index (χ0) is 20.0. The lowest BCUT2D eigenvalue weighted by Crippen LogP contribution is -2.17. The Kier molecular flexibility index (Phi) is 6.23. The normalized spacial score (nSPS) is 11.3. The van der Waals surface area contributed by atoms with Gasteiger partial charge < -0.3 is 4.18 Å². The molecule has 0 saturated heterocycles. The van der Waals surface area contributed by atoms with E-state index >= 15 is 0 Å². The van der Waals surface area contributed by atoms with Crippen LogP contribution < -0.4 is 9.61 Å². The Balaban J connectivity index is 1.61. The van der Waals surface area contributed by atoms with E-state index in [1.807, 2.05) is 6.07 Å². The van der Waals surface area contributed by atoms with Crippen molar-refractivity contribution in [2.24, 2.45) is 5.10 Å². The highest BCUT2D eigenvalue weighted by atomic mass is 79.9. The molecule has 0 unspecified atom stereocenters. The molecule has 3 rings (SSSR count). The van der Waals surface area contributed by atoms with Gasteiger partial charge in [0.1, 0.15) is 10.6 Å². The number of halogens is 1. The van der Waals surface area contributed by atoms with Crippen LogP contribution in [0.2, 0.25) is 0 Å². The molecule has 0 spiro atoms. The molecule has 0 aromatic heterocycles. The Morgan fingerprint density at radius 1 is 0.964 bits per heavy atom. The van der Waals surface area contributed by atoms with E-state index in [9.17, 15) is 13.2 Å². The van der Waals surface area contributed by atoms with Crippen molar-refractivity contribution >= 4 is 38.2 Å². The molecule has 0 bridgehead atoms. The topological polar surface area (TPSA) is 84.8 Å². The van der Waals surface area contributed by atoms with Crippen LogP contribution in [0.3, 0.4) is 0 Å². The van der Waals surface area contributed by atoms with E-state index < -0.39 is 10.1 Å². The predicted molar refractivity (Wildman–Crippen MR) is 110 cm³/mol. The van der Waals surface area contributed by atoms with Gasteiger partial charge >= 0.3 is 10.1 Å². The van der Waals surface area contributed by atoms with Crippen molar-refractivity contribution < 1.29 is 17.4 Å². The van der Waals surface area contributed by atoms with Gasteiger partial charge in [0, 0.05) is 10.0 Å². The molecular weight excluding hydrogens is 444 g/mol. The van der Waals surface area contributed by atoms with E-state index in [4.69, 9.17) is 4.18 Å². The summed E-state index contributed by atoms with van der Waals surface area (Å²) in [5.41, 5.74) is 3.57. The molecule has 0 aliphatic rings. The number of nitrogens with zero attached hydrogens (tertiary/aromatic N) is 1. The molecule has 0 heterocycles.